The van der Waals surface area contributed by atoms with Gasteiger partial charge in [-0.25, -0.2) is 4.79 Å². The number of imidazole rings is 1. The molecule has 0 aliphatic rings. The van der Waals surface area contributed by atoms with E-state index < -0.39 is 5.97 Å². The predicted octanol–water partition coefficient (Wildman–Crippen LogP) is 0.997. The van der Waals surface area contributed by atoms with Crippen LogP contribution in [0.25, 0.3) is 11.3 Å². The molecule has 82 valence electrons. The summed E-state index contributed by atoms with van der Waals surface area (Å²) in [5, 5.41) is 8.76. The highest BCUT2D eigenvalue weighted by atomic mass is 16.4. The zero-order chi connectivity index (χ0) is 11.5. The Hall–Kier alpha value is -2.30. The van der Waals surface area contributed by atoms with Crippen LogP contribution in [-0.2, 0) is 11.2 Å². The van der Waals surface area contributed by atoms with Gasteiger partial charge in [0.2, 0.25) is 0 Å². The Bertz CT molecular complexity index is 568. The lowest BCUT2D eigenvalue weighted by atomic mass is 10.0. The number of aliphatic carboxylic acids is 1. The molecule has 1 aromatic carbocycles. The van der Waals surface area contributed by atoms with Crippen LogP contribution in [0.3, 0.4) is 0 Å². The maximum absolute atomic E-state index is 11.0. The molecule has 0 saturated heterocycles. The van der Waals surface area contributed by atoms with Gasteiger partial charge >= 0.3 is 11.7 Å². The van der Waals surface area contributed by atoms with Gasteiger partial charge in [-0.05, 0) is 5.56 Å². The first-order chi connectivity index (χ1) is 7.66. The number of benzene rings is 1. The van der Waals surface area contributed by atoms with E-state index in [0.29, 0.717) is 11.3 Å². The molecule has 0 radical (unpaired) electrons. The Morgan fingerprint density at radius 2 is 2.06 bits per heavy atom. The van der Waals surface area contributed by atoms with Crippen molar-refractivity contribution in [2.24, 2.45) is 0 Å². The molecule has 0 aliphatic heterocycles. The van der Waals surface area contributed by atoms with E-state index in [1.165, 1.54) is 6.20 Å². The second-order valence-corrected chi connectivity index (χ2v) is 3.38. The van der Waals surface area contributed by atoms with E-state index in [1.54, 1.807) is 24.3 Å². The number of hydrogen-bond donors (Lipinski definition) is 3. The minimum absolute atomic E-state index is 0.0661. The zero-order valence-corrected chi connectivity index (χ0v) is 8.36. The van der Waals surface area contributed by atoms with Gasteiger partial charge in [0.25, 0.3) is 0 Å². The highest BCUT2D eigenvalue weighted by molar-refractivity contribution is 5.75. The molecule has 0 bridgehead atoms. The van der Waals surface area contributed by atoms with Crippen molar-refractivity contribution in [1.82, 2.24) is 9.97 Å². The highest BCUT2D eigenvalue weighted by Gasteiger charge is 2.09. The molecule has 0 atom stereocenters. The van der Waals surface area contributed by atoms with Gasteiger partial charge in [-0.2, -0.15) is 0 Å². The van der Waals surface area contributed by atoms with Crippen molar-refractivity contribution in [3.63, 3.8) is 0 Å². The molecule has 0 spiro atoms. The third-order valence-electron chi connectivity index (χ3n) is 2.25. The lowest BCUT2D eigenvalue weighted by molar-refractivity contribution is -0.136. The fourth-order valence-corrected chi connectivity index (χ4v) is 1.58. The number of carboxylic acid groups (broad SMARTS) is 1. The van der Waals surface area contributed by atoms with Gasteiger partial charge in [0, 0.05) is 11.8 Å². The number of aromatic nitrogens is 2. The fraction of sp³-hybridized carbons (Fsp3) is 0.0909. The van der Waals surface area contributed by atoms with Crippen molar-refractivity contribution >= 4 is 5.97 Å². The smallest absolute Gasteiger partial charge is 0.323 e. The molecule has 0 saturated carbocycles. The van der Waals surface area contributed by atoms with Crippen LogP contribution in [0.5, 0.6) is 0 Å². The van der Waals surface area contributed by atoms with Crippen molar-refractivity contribution in [1.29, 1.82) is 0 Å². The molecule has 2 aromatic rings. The van der Waals surface area contributed by atoms with Crippen molar-refractivity contribution in [2.75, 3.05) is 0 Å². The van der Waals surface area contributed by atoms with Crippen LogP contribution in [0.4, 0.5) is 0 Å². The molecule has 0 aliphatic carbocycles. The quantitative estimate of drug-likeness (QED) is 0.718. The van der Waals surface area contributed by atoms with E-state index in [1.807, 2.05) is 0 Å². The molecule has 0 fully saturated rings. The highest BCUT2D eigenvalue weighted by Crippen LogP contribution is 2.20. The first kappa shape index (κ1) is 10.2. The second-order valence-electron chi connectivity index (χ2n) is 3.38. The van der Waals surface area contributed by atoms with Gasteiger partial charge in [-0.3, -0.25) is 4.79 Å². The van der Waals surface area contributed by atoms with Crippen LogP contribution in [0.1, 0.15) is 5.56 Å². The van der Waals surface area contributed by atoms with Gasteiger partial charge < -0.3 is 15.1 Å². The normalized spacial score (nSPS) is 10.2. The first-order valence-corrected chi connectivity index (χ1v) is 4.74. The number of nitrogens with one attached hydrogen (secondary N) is 2. The molecular weight excluding hydrogens is 208 g/mol. The van der Waals surface area contributed by atoms with Crippen LogP contribution >= 0.6 is 0 Å². The monoisotopic (exact) mass is 218 g/mol. The van der Waals surface area contributed by atoms with Gasteiger partial charge in [-0.1, -0.05) is 24.3 Å². The zero-order valence-electron chi connectivity index (χ0n) is 8.36. The topological polar surface area (TPSA) is 85.9 Å². The van der Waals surface area contributed by atoms with Crippen molar-refractivity contribution in [3.05, 3.63) is 46.5 Å². The molecule has 5 nitrogen and oxygen atoms in total. The number of rotatable bonds is 3. The molecule has 1 heterocycles. The van der Waals surface area contributed by atoms with E-state index in [4.69, 9.17) is 5.11 Å². The summed E-state index contributed by atoms with van der Waals surface area (Å²) in [6, 6.07) is 7.07. The minimum atomic E-state index is -0.898. The van der Waals surface area contributed by atoms with E-state index in [-0.39, 0.29) is 12.1 Å². The third kappa shape index (κ3) is 2.03. The molecule has 3 N–H and O–H groups in total. The first-order valence-electron chi connectivity index (χ1n) is 4.74. The summed E-state index contributed by atoms with van der Waals surface area (Å²) >= 11 is 0. The summed E-state index contributed by atoms with van der Waals surface area (Å²) in [5.74, 6) is -0.898. The van der Waals surface area contributed by atoms with Crippen LogP contribution in [0.2, 0.25) is 0 Å². The Kier molecular flexibility index (Phi) is 2.59. The molecule has 2 rings (SSSR count). The lowest BCUT2D eigenvalue weighted by Gasteiger charge is -2.04. The van der Waals surface area contributed by atoms with Crippen LogP contribution in [-0.4, -0.2) is 21.0 Å². The van der Waals surface area contributed by atoms with Crippen molar-refractivity contribution < 1.29 is 9.90 Å². The van der Waals surface area contributed by atoms with Gasteiger partial charge in [0.15, 0.2) is 0 Å². The molecule has 0 unspecified atom stereocenters. The maximum atomic E-state index is 11.0. The Morgan fingerprint density at radius 3 is 2.69 bits per heavy atom. The van der Waals surface area contributed by atoms with E-state index in [2.05, 4.69) is 9.97 Å². The van der Waals surface area contributed by atoms with Crippen LogP contribution in [0.15, 0.2) is 35.3 Å². The Balaban J connectivity index is 2.47. The summed E-state index contributed by atoms with van der Waals surface area (Å²) in [6.07, 6.45) is 1.46. The maximum Gasteiger partial charge on any atom is 0.323 e. The van der Waals surface area contributed by atoms with E-state index in [0.717, 1.165) is 5.56 Å². The standard InChI is InChI=1S/C11H10N2O3/c14-10(15)5-7-3-1-2-4-8(7)9-6-12-11(16)13-9/h1-4,6H,5H2,(H,14,15)(H2,12,13,16). The number of H-pyrrole nitrogens is 2. The van der Waals surface area contributed by atoms with Crippen molar-refractivity contribution in [3.8, 4) is 11.3 Å². The summed E-state index contributed by atoms with van der Waals surface area (Å²) in [6.45, 7) is 0. The number of carboxylic acids is 1. The Morgan fingerprint density at radius 1 is 1.31 bits per heavy atom. The molecule has 5 heteroatoms. The van der Waals surface area contributed by atoms with E-state index >= 15 is 0 Å². The number of carbonyl (C=O) groups is 1. The molecule has 0 amide bonds. The Labute approximate surface area is 90.8 Å². The van der Waals surface area contributed by atoms with Crippen LogP contribution in [0, 0.1) is 0 Å². The fourth-order valence-electron chi connectivity index (χ4n) is 1.58. The summed E-state index contributed by atoms with van der Waals surface area (Å²) in [5.41, 5.74) is 1.69. The molecule has 1 aromatic heterocycles. The number of hydrogen-bond acceptors (Lipinski definition) is 2. The second kappa shape index (κ2) is 4.06. The van der Waals surface area contributed by atoms with Gasteiger partial charge in [-0.15, -0.1) is 0 Å². The SMILES string of the molecule is O=C(O)Cc1ccccc1-c1c[nH]c(=O)[nH]1. The average molecular weight is 218 g/mol. The average Bonchev–Trinajstić information content (AvgIpc) is 2.65. The molecule has 16 heavy (non-hydrogen) atoms. The molecular formula is C11H10N2O3. The van der Waals surface area contributed by atoms with Gasteiger partial charge in [0.05, 0.1) is 12.1 Å². The largest absolute Gasteiger partial charge is 0.481 e. The van der Waals surface area contributed by atoms with Gasteiger partial charge in [0.1, 0.15) is 0 Å². The lowest BCUT2D eigenvalue weighted by Crippen LogP contribution is -2.03. The van der Waals surface area contributed by atoms with Crippen molar-refractivity contribution in [2.45, 2.75) is 6.42 Å². The number of aromatic amines is 2. The minimum Gasteiger partial charge on any atom is -0.481 e. The summed E-state index contributed by atoms with van der Waals surface area (Å²) in [4.78, 5) is 26.7. The predicted molar refractivity (Wildman–Crippen MR) is 58.2 cm³/mol. The summed E-state index contributed by atoms with van der Waals surface area (Å²) in [7, 11) is 0. The van der Waals surface area contributed by atoms with Crippen LogP contribution < -0.4 is 5.69 Å². The van der Waals surface area contributed by atoms with E-state index in [9.17, 15) is 9.59 Å². The third-order valence-corrected chi connectivity index (χ3v) is 2.25. The summed E-state index contributed by atoms with van der Waals surface area (Å²) < 4.78 is 0.